The first kappa shape index (κ1) is 63.7. The second kappa shape index (κ2) is 31.2. The maximum absolute atomic E-state index is 13.4. The first-order valence-corrected chi connectivity index (χ1v) is 28.2. The minimum atomic E-state index is -0.675. The zero-order valence-electron chi connectivity index (χ0n) is 51.8. The fourth-order valence-corrected chi connectivity index (χ4v) is 9.28. The van der Waals surface area contributed by atoms with Crippen LogP contribution >= 0.6 is 0 Å². The first-order chi connectivity index (χ1) is 43.8. The quantitative estimate of drug-likeness (QED) is 0.0351. The van der Waals surface area contributed by atoms with Gasteiger partial charge in [-0.15, -0.1) is 5.10 Å². The molecule has 1 heterocycles. The number of aromatic nitrogens is 3. The summed E-state index contributed by atoms with van der Waals surface area (Å²) in [6, 6.07) is 44.1. The summed E-state index contributed by atoms with van der Waals surface area (Å²) in [5, 5.41) is 8.45. The Bertz CT molecular complexity index is 3410. The van der Waals surface area contributed by atoms with Crippen molar-refractivity contribution in [2.24, 2.45) is 0 Å². The number of hydrogen-bond acceptors (Lipinski definition) is 20. The van der Waals surface area contributed by atoms with Crippen LogP contribution in [0.3, 0.4) is 0 Å². The Kier molecular flexibility index (Phi) is 22.1. The zero-order chi connectivity index (χ0) is 63.4. The van der Waals surface area contributed by atoms with Gasteiger partial charge < -0.3 is 80.5 Å². The molecule has 0 saturated carbocycles. The Balaban J connectivity index is 1.01. The maximum atomic E-state index is 13.4. The lowest BCUT2D eigenvalue weighted by molar-refractivity contribution is 0.0465. The second-order valence-corrected chi connectivity index (χ2v) is 20.2. The molecule has 21 heteroatoms. The highest BCUT2D eigenvalue weighted by Crippen LogP contribution is 2.34. The molecule has 0 aliphatic carbocycles. The molecule has 9 rings (SSSR count). The lowest BCUT2D eigenvalue weighted by Crippen LogP contribution is -2.06. The number of benzene rings is 8. The van der Waals surface area contributed by atoms with Crippen molar-refractivity contribution in [2.75, 3.05) is 71.1 Å². The topological polar surface area (TPSA) is 205 Å². The van der Waals surface area contributed by atoms with Crippen molar-refractivity contribution in [1.82, 2.24) is 15.0 Å². The van der Waals surface area contributed by atoms with Crippen LogP contribution < -0.4 is 75.8 Å². The van der Waals surface area contributed by atoms with Crippen molar-refractivity contribution in [3.63, 3.8) is 0 Å². The largest absolute Gasteiger partial charge is 0.497 e. The fraction of sp³-hybridized carbons (Fsp3) is 0.261. The Morgan fingerprint density at radius 3 is 0.711 bits per heavy atom. The van der Waals surface area contributed by atoms with Crippen molar-refractivity contribution in [2.45, 2.75) is 52.8 Å². The molecular weight excluding hydrogens is 1160 g/mol. The summed E-state index contributed by atoms with van der Waals surface area (Å²) in [7, 11) is 15.8. The predicted molar refractivity (Wildman–Crippen MR) is 331 cm³/mol. The van der Waals surface area contributed by atoms with Crippen LogP contribution in [0.25, 0.3) is 0 Å². The molecule has 9 aromatic rings. The van der Waals surface area contributed by atoms with Gasteiger partial charge in [-0.3, -0.25) is 0 Å². The lowest BCUT2D eigenvalue weighted by atomic mass is 10.1. The average molecular weight is 1230 g/mol. The second-order valence-electron chi connectivity index (χ2n) is 20.2. The lowest BCUT2D eigenvalue weighted by Gasteiger charge is -2.16. The van der Waals surface area contributed by atoms with Crippen LogP contribution in [0, 0.1) is 0 Å². The van der Waals surface area contributed by atoms with Crippen LogP contribution in [0.5, 0.6) is 92.0 Å². The van der Waals surface area contributed by atoms with Crippen LogP contribution in [0.15, 0.2) is 152 Å². The maximum Gasteiger partial charge on any atom is 0.360 e. The molecule has 21 nitrogen and oxygen atoms in total. The Hall–Kier alpha value is -10.8. The van der Waals surface area contributed by atoms with E-state index in [0.29, 0.717) is 103 Å². The van der Waals surface area contributed by atoms with Crippen LogP contribution in [-0.4, -0.2) is 92.1 Å². The van der Waals surface area contributed by atoms with Crippen LogP contribution in [-0.2, 0) is 57.5 Å². The van der Waals surface area contributed by atoms with Gasteiger partial charge in [0.1, 0.15) is 138 Å². The summed E-state index contributed by atoms with van der Waals surface area (Å²) < 4.78 is 101. The molecule has 0 atom stereocenters. The van der Waals surface area contributed by atoms with Gasteiger partial charge in [-0.1, -0.05) is 5.21 Å². The van der Waals surface area contributed by atoms with E-state index in [1.807, 2.05) is 97.1 Å². The summed E-state index contributed by atoms with van der Waals surface area (Å²) >= 11 is 0. The Labute approximate surface area is 522 Å². The summed E-state index contributed by atoms with van der Waals surface area (Å²) in [5.41, 5.74) is 6.08. The van der Waals surface area contributed by atoms with Gasteiger partial charge in [-0.2, -0.15) is 0 Å². The number of carbonyl (C=O) groups is 1. The minimum Gasteiger partial charge on any atom is -0.497 e. The number of rotatable bonds is 33. The van der Waals surface area contributed by atoms with Gasteiger partial charge in [-0.05, 0) is 142 Å². The monoisotopic (exact) mass is 1230 g/mol. The van der Waals surface area contributed by atoms with E-state index in [9.17, 15) is 4.79 Å². The van der Waals surface area contributed by atoms with Gasteiger partial charge in [0.15, 0.2) is 5.69 Å². The number of carbonyl (C=O) groups excluding carboxylic acids is 1. The number of nitrogens with zero attached hydrogens (tertiary/aromatic N) is 3. The molecule has 0 aliphatic rings. The molecule has 0 spiro atoms. The molecule has 8 aromatic carbocycles. The fourth-order valence-electron chi connectivity index (χ4n) is 9.28. The highest BCUT2D eigenvalue weighted by Gasteiger charge is 2.17. The molecule has 1 aromatic heterocycles. The molecular formula is C69H71N3O18. The third-order valence-corrected chi connectivity index (χ3v) is 13.8. The molecule has 0 N–H and O–H groups in total. The standard InChI is InChI=1S/C69H71N3O18/c1-74-52-13-45(14-53(27-52)75-2)37-86-64-23-50(24-65(33-64)87-38-46-15-54(76-3)28-55(16-46)77-4)41-84-62-11-44(35-72-36-68(70-71-72)69(73)90-43-49-21-60(82-9)31-61(22-49)83-10)12-63(32-62)85-42-51-25-66(88-39-47-17-56(78-5)29-57(18-47)79-6)34-67(26-51)89-40-48-19-58(80-7)30-59(20-48)81-8/h11-34,36H,35,37-43H2,1-10H3. The molecule has 0 radical (unpaired) electrons. The number of ether oxygens (including phenoxy) is 17. The smallest absolute Gasteiger partial charge is 0.360 e. The van der Waals surface area contributed by atoms with Gasteiger partial charge in [0.05, 0.1) is 83.8 Å². The van der Waals surface area contributed by atoms with E-state index in [-0.39, 0.29) is 58.5 Å². The van der Waals surface area contributed by atoms with E-state index in [1.54, 1.807) is 120 Å². The molecule has 0 amide bonds. The van der Waals surface area contributed by atoms with Crippen molar-refractivity contribution >= 4 is 5.97 Å². The van der Waals surface area contributed by atoms with E-state index in [2.05, 4.69) is 10.3 Å². The van der Waals surface area contributed by atoms with Gasteiger partial charge in [-0.25, -0.2) is 9.48 Å². The normalized spacial score (nSPS) is 10.7. The molecule has 0 saturated heterocycles. The average Bonchev–Trinajstić information content (AvgIpc) is 4.12. The zero-order valence-corrected chi connectivity index (χ0v) is 51.8. The number of methoxy groups -OCH3 is 10. The van der Waals surface area contributed by atoms with E-state index in [0.717, 1.165) is 33.4 Å². The number of hydrogen-bond donors (Lipinski definition) is 0. The molecule has 0 fully saturated rings. The Morgan fingerprint density at radius 2 is 0.478 bits per heavy atom. The summed E-state index contributed by atoms with van der Waals surface area (Å²) in [5.74, 6) is 8.36. The van der Waals surface area contributed by atoms with E-state index in [1.165, 1.54) is 10.9 Å². The third-order valence-electron chi connectivity index (χ3n) is 13.8. The molecule has 0 bridgehead atoms. The third kappa shape index (κ3) is 18.1. The van der Waals surface area contributed by atoms with Gasteiger partial charge in [0.25, 0.3) is 0 Å². The Morgan fingerprint density at radius 1 is 0.278 bits per heavy atom. The molecule has 0 unspecified atom stereocenters. The van der Waals surface area contributed by atoms with Crippen molar-refractivity contribution in [3.8, 4) is 92.0 Å². The van der Waals surface area contributed by atoms with Crippen molar-refractivity contribution in [3.05, 3.63) is 202 Å². The SMILES string of the molecule is COc1cc(COC(=O)c2cn(Cc3cc(OCc4cc(OCc5cc(OC)cc(OC)c5)cc(OCc5cc(OC)cc(OC)c5)c4)cc(OCc4cc(OCc5cc(OC)cc(OC)c5)cc(OCc5cc(OC)cc(OC)c5)c4)c3)nn2)cc(OC)c1. The van der Waals surface area contributed by atoms with Gasteiger partial charge in [0.2, 0.25) is 0 Å². The predicted octanol–water partition coefficient (Wildman–Crippen LogP) is 12.2. The molecule has 0 aliphatic heterocycles. The van der Waals surface area contributed by atoms with Gasteiger partial charge >= 0.3 is 5.97 Å². The minimum absolute atomic E-state index is 0.00106. The van der Waals surface area contributed by atoms with E-state index >= 15 is 0 Å². The summed E-state index contributed by atoms with van der Waals surface area (Å²) in [6.07, 6.45) is 1.51. The van der Waals surface area contributed by atoms with Crippen molar-refractivity contribution < 1.29 is 85.3 Å². The highest BCUT2D eigenvalue weighted by atomic mass is 16.5. The molecule has 470 valence electrons. The summed E-state index contributed by atoms with van der Waals surface area (Å²) in [6.45, 7) is 0.953. The first-order valence-electron chi connectivity index (χ1n) is 28.2. The highest BCUT2D eigenvalue weighted by molar-refractivity contribution is 5.86. The molecule has 90 heavy (non-hydrogen) atoms. The van der Waals surface area contributed by atoms with Crippen LogP contribution in [0.1, 0.15) is 55.0 Å². The van der Waals surface area contributed by atoms with E-state index < -0.39 is 5.97 Å². The van der Waals surface area contributed by atoms with Crippen LogP contribution in [0.2, 0.25) is 0 Å². The van der Waals surface area contributed by atoms with Crippen LogP contribution in [0.4, 0.5) is 0 Å². The summed E-state index contributed by atoms with van der Waals surface area (Å²) in [4.78, 5) is 13.4. The number of esters is 1. The van der Waals surface area contributed by atoms with E-state index in [4.69, 9.17) is 80.5 Å². The van der Waals surface area contributed by atoms with Crippen molar-refractivity contribution in [1.29, 1.82) is 0 Å². The van der Waals surface area contributed by atoms with Gasteiger partial charge in [0, 0.05) is 48.5 Å².